The number of carbonyl (C=O) groups excluding carboxylic acids is 2. The summed E-state index contributed by atoms with van der Waals surface area (Å²) in [5.74, 6) is -1.52. The fourth-order valence-electron chi connectivity index (χ4n) is 2.13. The topological polar surface area (TPSA) is 86.7 Å². The number of carboxylic acid groups (broad SMARTS) is 1. The van der Waals surface area contributed by atoms with Gasteiger partial charge in [-0.05, 0) is 43.5 Å². The van der Waals surface area contributed by atoms with Gasteiger partial charge in [-0.25, -0.2) is 0 Å². The van der Waals surface area contributed by atoms with Crippen molar-refractivity contribution in [2.24, 2.45) is 0 Å². The summed E-state index contributed by atoms with van der Waals surface area (Å²) >= 11 is 0. The molecule has 0 heterocycles. The van der Waals surface area contributed by atoms with E-state index in [1.54, 1.807) is 24.3 Å². The summed E-state index contributed by atoms with van der Waals surface area (Å²) in [5.41, 5.74) is 0.890. The van der Waals surface area contributed by atoms with E-state index >= 15 is 0 Å². The third-order valence-corrected chi connectivity index (χ3v) is 3.41. The van der Waals surface area contributed by atoms with Crippen LogP contribution in [0.15, 0.2) is 24.3 Å². The van der Waals surface area contributed by atoms with Crippen molar-refractivity contribution < 1.29 is 19.5 Å². The molecule has 6 heteroatoms. The molecular formula is C16H20N2O4. The van der Waals surface area contributed by atoms with Crippen molar-refractivity contribution >= 4 is 17.8 Å². The first-order chi connectivity index (χ1) is 10.5. The van der Waals surface area contributed by atoms with Crippen LogP contribution in [0.3, 0.4) is 0 Å². The van der Waals surface area contributed by atoms with Gasteiger partial charge in [0.25, 0.3) is 11.8 Å². The first-order valence-electron chi connectivity index (χ1n) is 7.43. The van der Waals surface area contributed by atoms with Crippen LogP contribution in [0.5, 0.6) is 0 Å². The Bertz CT molecular complexity index is 564. The maximum Gasteiger partial charge on any atom is 0.323 e. The van der Waals surface area contributed by atoms with Crippen LogP contribution in [0, 0.1) is 0 Å². The van der Waals surface area contributed by atoms with Gasteiger partial charge in [-0.15, -0.1) is 0 Å². The van der Waals surface area contributed by atoms with Crippen LogP contribution in [0.1, 0.15) is 46.9 Å². The lowest BCUT2D eigenvalue weighted by Crippen LogP contribution is -2.36. The highest BCUT2D eigenvalue weighted by Crippen LogP contribution is 2.19. The van der Waals surface area contributed by atoms with Gasteiger partial charge < -0.3 is 15.3 Å². The molecule has 0 saturated heterocycles. The highest BCUT2D eigenvalue weighted by Gasteiger charge is 2.24. The molecule has 1 aliphatic carbocycles. The van der Waals surface area contributed by atoms with Crippen molar-refractivity contribution in [2.45, 2.75) is 32.2 Å². The van der Waals surface area contributed by atoms with Crippen LogP contribution in [-0.4, -0.2) is 46.9 Å². The average Bonchev–Trinajstić information content (AvgIpc) is 3.29. The Morgan fingerprint density at radius 1 is 1.18 bits per heavy atom. The minimum atomic E-state index is -1.04. The van der Waals surface area contributed by atoms with Crippen LogP contribution < -0.4 is 5.32 Å². The zero-order chi connectivity index (χ0) is 16.1. The third-order valence-electron chi connectivity index (χ3n) is 3.41. The first-order valence-corrected chi connectivity index (χ1v) is 7.43. The maximum absolute atomic E-state index is 12.3. The summed E-state index contributed by atoms with van der Waals surface area (Å²) in [4.78, 5) is 36.3. The fraction of sp³-hybridized carbons (Fsp3) is 0.438. The van der Waals surface area contributed by atoms with Gasteiger partial charge in [0.2, 0.25) is 0 Å². The van der Waals surface area contributed by atoms with Crippen molar-refractivity contribution in [1.29, 1.82) is 0 Å². The lowest BCUT2D eigenvalue weighted by molar-refractivity contribution is -0.137. The van der Waals surface area contributed by atoms with Crippen molar-refractivity contribution in [2.75, 3.05) is 13.1 Å². The number of rotatable bonds is 7. The standard InChI is InChI=1S/C16H20N2O4/c1-2-9-18(10-14(19)20)16(22)12-5-3-11(4-6-12)15(21)17-13-7-8-13/h3-6,13H,2,7-10H2,1H3,(H,17,21)(H,19,20). The zero-order valence-corrected chi connectivity index (χ0v) is 12.5. The van der Waals surface area contributed by atoms with E-state index in [0.717, 1.165) is 12.8 Å². The smallest absolute Gasteiger partial charge is 0.323 e. The van der Waals surface area contributed by atoms with Crippen LogP contribution in [0.4, 0.5) is 0 Å². The molecule has 0 radical (unpaired) electrons. The van der Waals surface area contributed by atoms with E-state index in [1.807, 2.05) is 6.92 Å². The number of carbonyl (C=O) groups is 3. The van der Waals surface area contributed by atoms with E-state index in [2.05, 4.69) is 5.32 Å². The molecule has 0 spiro atoms. The predicted octanol–water partition coefficient (Wildman–Crippen LogP) is 1.52. The number of benzene rings is 1. The van der Waals surface area contributed by atoms with E-state index in [-0.39, 0.29) is 24.4 Å². The molecule has 2 rings (SSSR count). The van der Waals surface area contributed by atoms with E-state index in [4.69, 9.17) is 5.11 Å². The fourth-order valence-corrected chi connectivity index (χ4v) is 2.13. The molecule has 1 fully saturated rings. The van der Waals surface area contributed by atoms with E-state index in [1.165, 1.54) is 4.90 Å². The average molecular weight is 304 g/mol. The highest BCUT2D eigenvalue weighted by molar-refractivity contribution is 5.98. The normalized spacial score (nSPS) is 13.5. The molecule has 2 N–H and O–H groups in total. The van der Waals surface area contributed by atoms with Gasteiger partial charge in [-0.1, -0.05) is 6.92 Å². The zero-order valence-electron chi connectivity index (χ0n) is 12.5. The van der Waals surface area contributed by atoms with Crippen molar-refractivity contribution in [1.82, 2.24) is 10.2 Å². The molecule has 22 heavy (non-hydrogen) atoms. The molecular weight excluding hydrogens is 284 g/mol. The van der Waals surface area contributed by atoms with Crippen LogP contribution in [0.2, 0.25) is 0 Å². The molecule has 0 aliphatic heterocycles. The Labute approximate surface area is 129 Å². The van der Waals surface area contributed by atoms with Crippen LogP contribution in [-0.2, 0) is 4.79 Å². The lowest BCUT2D eigenvalue weighted by atomic mass is 10.1. The number of nitrogens with zero attached hydrogens (tertiary/aromatic N) is 1. The van der Waals surface area contributed by atoms with Gasteiger partial charge in [-0.2, -0.15) is 0 Å². The summed E-state index contributed by atoms with van der Waals surface area (Å²) in [5, 5.41) is 11.7. The Hall–Kier alpha value is -2.37. The molecule has 118 valence electrons. The molecule has 6 nitrogen and oxygen atoms in total. The van der Waals surface area contributed by atoms with E-state index < -0.39 is 5.97 Å². The number of amides is 2. The monoisotopic (exact) mass is 304 g/mol. The Balaban J connectivity index is 2.05. The van der Waals surface area contributed by atoms with Gasteiger partial charge in [0.15, 0.2) is 0 Å². The quantitative estimate of drug-likeness (QED) is 0.799. The largest absolute Gasteiger partial charge is 0.480 e. The number of hydrogen-bond acceptors (Lipinski definition) is 3. The lowest BCUT2D eigenvalue weighted by Gasteiger charge is -2.20. The SMILES string of the molecule is CCCN(CC(=O)O)C(=O)c1ccc(C(=O)NC2CC2)cc1. The van der Waals surface area contributed by atoms with Crippen molar-refractivity contribution in [3.05, 3.63) is 35.4 Å². The summed E-state index contributed by atoms with van der Waals surface area (Å²) < 4.78 is 0. The van der Waals surface area contributed by atoms with Gasteiger partial charge in [0, 0.05) is 23.7 Å². The molecule has 0 unspecified atom stereocenters. The molecule has 2 amide bonds. The van der Waals surface area contributed by atoms with Gasteiger partial charge in [0.1, 0.15) is 6.54 Å². The second kappa shape index (κ2) is 7.06. The van der Waals surface area contributed by atoms with E-state index in [9.17, 15) is 14.4 Å². The van der Waals surface area contributed by atoms with Gasteiger partial charge in [0.05, 0.1) is 0 Å². The summed E-state index contributed by atoms with van der Waals surface area (Å²) in [7, 11) is 0. The molecule has 1 aliphatic rings. The van der Waals surface area contributed by atoms with E-state index in [0.29, 0.717) is 24.1 Å². The maximum atomic E-state index is 12.3. The highest BCUT2D eigenvalue weighted by atomic mass is 16.4. The van der Waals surface area contributed by atoms with Crippen molar-refractivity contribution in [3.63, 3.8) is 0 Å². The van der Waals surface area contributed by atoms with Crippen LogP contribution >= 0.6 is 0 Å². The van der Waals surface area contributed by atoms with Crippen LogP contribution in [0.25, 0.3) is 0 Å². The number of aliphatic carboxylic acids is 1. The first kappa shape index (κ1) is 16.0. The second-order valence-corrected chi connectivity index (χ2v) is 5.45. The second-order valence-electron chi connectivity index (χ2n) is 5.45. The minimum absolute atomic E-state index is 0.141. The number of nitrogens with one attached hydrogen (secondary N) is 1. The predicted molar refractivity (Wildman–Crippen MR) is 80.8 cm³/mol. The van der Waals surface area contributed by atoms with Gasteiger partial charge >= 0.3 is 5.97 Å². The minimum Gasteiger partial charge on any atom is -0.480 e. The summed E-state index contributed by atoms with van der Waals surface area (Å²) in [6.07, 6.45) is 2.72. The molecule has 0 atom stereocenters. The molecule has 1 aromatic carbocycles. The summed E-state index contributed by atoms with van der Waals surface area (Å²) in [6, 6.07) is 6.60. The molecule has 0 aromatic heterocycles. The molecule has 1 aromatic rings. The Morgan fingerprint density at radius 2 is 1.77 bits per heavy atom. The molecule has 0 bridgehead atoms. The Kier molecular flexibility index (Phi) is 5.14. The summed E-state index contributed by atoms with van der Waals surface area (Å²) in [6.45, 7) is 1.94. The Morgan fingerprint density at radius 3 is 2.27 bits per heavy atom. The van der Waals surface area contributed by atoms with Crippen molar-refractivity contribution in [3.8, 4) is 0 Å². The molecule has 1 saturated carbocycles. The third kappa shape index (κ3) is 4.31. The van der Waals surface area contributed by atoms with Gasteiger partial charge in [-0.3, -0.25) is 14.4 Å². The number of hydrogen-bond donors (Lipinski definition) is 2. The number of carboxylic acids is 1.